The summed E-state index contributed by atoms with van der Waals surface area (Å²) in [5.41, 5.74) is 7.50. The van der Waals surface area contributed by atoms with E-state index in [1.807, 2.05) is 25.1 Å². The van der Waals surface area contributed by atoms with E-state index in [0.29, 0.717) is 12.6 Å². The zero-order valence-electron chi connectivity index (χ0n) is 13.8. The highest BCUT2D eigenvalue weighted by molar-refractivity contribution is 5.36. The van der Waals surface area contributed by atoms with Crippen LogP contribution >= 0.6 is 0 Å². The summed E-state index contributed by atoms with van der Waals surface area (Å²) < 4.78 is 10.9. The molecule has 0 aromatic heterocycles. The Morgan fingerprint density at radius 2 is 1.95 bits per heavy atom. The van der Waals surface area contributed by atoms with Crippen LogP contribution in [0.25, 0.3) is 0 Å². The molecule has 0 bridgehead atoms. The molecule has 0 aliphatic carbocycles. The molecule has 2 atom stereocenters. The van der Waals surface area contributed by atoms with Gasteiger partial charge in [-0.2, -0.15) is 0 Å². The number of para-hydroxylation sites is 1. The predicted molar refractivity (Wildman–Crippen MR) is 87.7 cm³/mol. The molecule has 120 valence electrons. The van der Waals surface area contributed by atoms with Crippen molar-refractivity contribution in [3.8, 4) is 5.75 Å². The van der Waals surface area contributed by atoms with E-state index < -0.39 is 0 Å². The summed E-state index contributed by atoms with van der Waals surface area (Å²) in [4.78, 5) is 2.39. The van der Waals surface area contributed by atoms with E-state index in [1.54, 1.807) is 7.11 Å². The maximum atomic E-state index is 6.43. The smallest absolute Gasteiger partial charge is 0.124 e. The third-order valence-electron chi connectivity index (χ3n) is 3.85. The Morgan fingerprint density at radius 1 is 1.24 bits per heavy atom. The minimum atomic E-state index is -0.0568. The summed E-state index contributed by atoms with van der Waals surface area (Å²) in [5, 5.41) is 0. The summed E-state index contributed by atoms with van der Waals surface area (Å²) >= 11 is 0. The van der Waals surface area contributed by atoms with Crippen molar-refractivity contribution >= 4 is 0 Å². The summed E-state index contributed by atoms with van der Waals surface area (Å²) in [6, 6.07) is 8.48. The minimum Gasteiger partial charge on any atom is -0.494 e. The third-order valence-corrected chi connectivity index (χ3v) is 3.85. The van der Waals surface area contributed by atoms with E-state index in [0.717, 1.165) is 37.4 Å². The monoisotopic (exact) mass is 294 g/mol. The molecule has 0 saturated heterocycles. The lowest BCUT2D eigenvalue weighted by Gasteiger charge is -2.31. The Labute approximate surface area is 129 Å². The second-order valence-corrected chi connectivity index (χ2v) is 5.32. The molecule has 0 spiro atoms. The lowest BCUT2D eigenvalue weighted by atomic mass is 10.0. The van der Waals surface area contributed by atoms with E-state index >= 15 is 0 Å². The third kappa shape index (κ3) is 5.65. The van der Waals surface area contributed by atoms with Crippen LogP contribution < -0.4 is 10.5 Å². The zero-order valence-corrected chi connectivity index (χ0v) is 13.8. The maximum absolute atomic E-state index is 6.43. The molecule has 4 heteroatoms. The Hall–Kier alpha value is -1.10. The molecule has 21 heavy (non-hydrogen) atoms. The van der Waals surface area contributed by atoms with Gasteiger partial charge in [0.1, 0.15) is 5.75 Å². The molecule has 0 saturated carbocycles. The lowest BCUT2D eigenvalue weighted by molar-refractivity contribution is 0.118. The Kier molecular flexibility index (Phi) is 8.35. The van der Waals surface area contributed by atoms with Gasteiger partial charge in [-0.3, -0.25) is 4.90 Å². The van der Waals surface area contributed by atoms with Gasteiger partial charge in [0.2, 0.25) is 0 Å². The van der Waals surface area contributed by atoms with Crippen molar-refractivity contribution in [3.63, 3.8) is 0 Å². The number of nitrogens with two attached hydrogens (primary N) is 1. The SMILES string of the molecule is CCOc1ccccc1C(N)CN(CCOC)C(C)CC. The van der Waals surface area contributed by atoms with Gasteiger partial charge in [-0.1, -0.05) is 25.1 Å². The average Bonchev–Trinajstić information content (AvgIpc) is 2.51. The van der Waals surface area contributed by atoms with Crippen molar-refractivity contribution in [2.24, 2.45) is 5.73 Å². The Balaban J connectivity index is 2.78. The van der Waals surface area contributed by atoms with Gasteiger partial charge in [0.25, 0.3) is 0 Å². The summed E-state index contributed by atoms with van der Waals surface area (Å²) in [6.07, 6.45) is 1.10. The lowest BCUT2D eigenvalue weighted by Crippen LogP contribution is -2.40. The second kappa shape index (κ2) is 9.77. The Morgan fingerprint density at radius 3 is 2.57 bits per heavy atom. The molecule has 2 N–H and O–H groups in total. The fraction of sp³-hybridized carbons (Fsp3) is 0.647. The van der Waals surface area contributed by atoms with E-state index in [-0.39, 0.29) is 6.04 Å². The number of hydrogen-bond donors (Lipinski definition) is 1. The average molecular weight is 294 g/mol. The predicted octanol–water partition coefficient (Wildman–Crippen LogP) is 2.83. The van der Waals surface area contributed by atoms with Crippen molar-refractivity contribution in [2.75, 3.05) is 33.4 Å². The molecular weight excluding hydrogens is 264 g/mol. The Bertz CT molecular complexity index is 398. The molecule has 1 aromatic carbocycles. The van der Waals surface area contributed by atoms with Crippen LogP contribution in [0.15, 0.2) is 24.3 Å². The van der Waals surface area contributed by atoms with E-state index in [1.165, 1.54) is 0 Å². The number of nitrogens with zero attached hydrogens (tertiary/aromatic N) is 1. The van der Waals surface area contributed by atoms with Gasteiger partial charge >= 0.3 is 0 Å². The quantitative estimate of drug-likeness (QED) is 0.721. The van der Waals surface area contributed by atoms with Gasteiger partial charge < -0.3 is 15.2 Å². The first kappa shape index (κ1) is 18.0. The van der Waals surface area contributed by atoms with Crippen LogP contribution in [0.4, 0.5) is 0 Å². The topological polar surface area (TPSA) is 47.7 Å². The summed E-state index contributed by atoms with van der Waals surface area (Å²) in [5.74, 6) is 0.892. The van der Waals surface area contributed by atoms with Crippen molar-refractivity contribution in [2.45, 2.75) is 39.3 Å². The van der Waals surface area contributed by atoms with Crippen LogP contribution in [0.1, 0.15) is 38.8 Å². The molecular formula is C17H30N2O2. The van der Waals surface area contributed by atoms with Gasteiger partial charge in [-0.15, -0.1) is 0 Å². The molecule has 0 radical (unpaired) electrons. The van der Waals surface area contributed by atoms with Gasteiger partial charge in [0.05, 0.1) is 13.2 Å². The molecule has 0 fully saturated rings. The summed E-state index contributed by atoms with van der Waals surface area (Å²) in [7, 11) is 1.74. The molecule has 2 unspecified atom stereocenters. The van der Waals surface area contributed by atoms with Crippen molar-refractivity contribution in [3.05, 3.63) is 29.8 Å². The van der Waals surface area contributed by atoms with E-state index in [9.17, 15) is 0 Å². The highest BCUT2D eigenvalue weighted by Gasteiger charge is 2.18. The highest BCUT2D eigenvalue weighted by Crippen LogP contribution is 2.24. The fourth-order valence-corrected chi connectivity index (χ4v) is 2.38. The minimum absolute atomic E-state index is 0.0568. The molecule has 0 aliphatic rings. The van der Waals surface area contributed by atoms with Gasteiger partial charge in [-0.05, 0) is 26.3 Å². The van der Waals surface area contributed by atoms with Crippen LogP contribution in [0.5, 0.6) is 5.75 Å². The van der Waals surface area contributed by atoms with E-state index in [2.05, 4.69) is 24.8 Å². The van der Waals surface area contributed by atoms with Gasteiger partial charge in [0.15, 0.2) is 0 Å². The number of hydrogen-bond acceptors (Lipinski definition) is 4. The number of methoxy groups -OCH3 is 1. The van der Waals surface area contributed by atoms with Gasteiger partial charge in [0, 0.05) is 37.8 Å². The second-order valence-electron chi connectivity index (χ2n) is 5.32. The van der Waals surface area contributed by atoms with Crippen molar-refractivity contribution < 1.29 is 9.47 Å². The van der Waals surface area contributed by atoms with Crippen LogP contribution in [-0.2, 0) is 4.74 Å². The summed E-state index contributed by atoms with van der Waals surface area (Å²) in [6.45, 7) is 9.51. The highest BCUT2D eigenvalue weighted by atomic mass is 16.5. The standard InChI is InChI=1S/C17H30N2O2/c1-5-14(3)19(11-12-20-4)13-16(18)15-9-7-8-10-17(15)21-6-2/h7-10,14,16H,5-6,11-13,18H2,1-4H3. The molecule has 0 aliphatic heterocycles. The first-order chi connectivity index (χ1) is 10.1. The molecule has 4 nitrogen and oxygen atoms in total. The molecule has 1 rings (SSSR count). The molecule has 1 aromatic rings. The van der Waals surface area contributed by atoms with Crippen molar-refractivity contribution in [1.82, 2.24) is 4.90 Å². The first-order valence-corrected chi connectivity index (χ1v) is 7.84. The van der Waals surface area contributed by atoms with Crippen LogP contribution in [-0.4, -0.2) is 44.4 Å². The maximum Gasteiger partial charge on any atom is 0.124 e. The van der Waals surface area contributed by atoms with Crippen LogP contribution in [0, 0.1) is 0 Å². The zero-order chi connectivity index (χ0) is 15.7. The number of rotatable bonds is 10. The van der Waals surface area contributed by atoms with E-state index in [4.69, 9.17) is 15.2 Å². The van der Waals surface area contributed by atoms with Crippen LogP contribution in [0.3, 0.4) is 0 Å². The van der Waals surface area contributed by atoms with Crippen LogP contribution in [0.2, 0.25) is 0 Å². The van der Waals surface area contributed by atoms with Gasteiger partial charge in [-0.25, -0.2) is 0 Å². The number of benzene rings is 1. The van der Waals surface area contributed by atoms with Crippen molar-refractivity contribution in [1.29, 1.82) is 0 Å². The number of ether oxygens (including phenoxy) is 2. The normalized spacial score (nSPS) is 14.2. The largest absolute Gasteiger partial charge is 0.494 e. The molecule has 0 heterocycles. The molecule has 0 amide bonds. The first-order valence-electron chi connectivity index (χ1n) is 7.84. The fourth-order valence-electron chi connectivity index (χ4n) is 2.38.